The zero-order valence-corrected chi connectivity index (χ0v) is 7.75. The van der Waals surface area contributed by atoms with Crippen molar-refractivity contribution in [1.82, 2.24) is 4.98 Å². The largest absolute Gasteiger partial charge is 0.573 e. The molecule has 1 rings (SSSR count). The fourth-order valence-electron chi connectivity index (χ4n) is 1.03. The molecule has 0 radical (unpaired) electrons. The van der Waals surface area contributed by atoms with Crippen LogP contribution in [0.4, 0.5) is 19.0 Å². The summed E-state index contributed by atoms with van der Waals surface area (Å²) in [5, 5.41) is 17.5. The lowest BCUT2D eigenvalue weighted by Gasteiger charge is -2.12. The molecule has 0 atom stereocenters. The van der Waals surface area contributed by atoms with Crippen LogP contribution in [0.25, 0.3) is 0 Å². The molecule has 0 aliphatic heterocycles. The van der Waals surface area contributed by atoms with E-state index in [1.807, 2.05) is 0 Å². The van der Waals surface area contributed by atoms with Crippen molar-refractivity contribution in [1.29, 1.82) is 5.26 Å². The molecule has 0 saturated carbocycles. The molecule has 0 fully saturated rings. The second-order valence-corrected chi connectivity index (χ2v) is 2.68. The van der Waals surface area contributed by atoms with E-state index in [0.29, 0.717) is 6.20 Å². The minimum Gasteiger partial charge on any atom is -0.403 e. The van der Waals surface area contributed by atoms with E-state index in [1.54, 1.807) is 0 Å². The Hall–Kier alpha value is -2.01. The van der Waals surface area contributed by atoms with Crippen molar-refractivity contribution in [2.45, 2.75) is 13.0 Å². The molecule has 0 spiro atoms. The zero-order chi connectivity index (χ0) is 12.3. The number of halogens is 3. The lowest BCUT2D eigenvalue weighted by atomic mass is 10.1. The Morgan fingerprint density at radius 1 is 1.56 bits per heavy atom. The average Bonchev–Trinajstić information content (AvgIpc) is 2.18. The van der Waals surface area contributed by atoms with E-state index in [1.165, 1.54) is 6.07 Å². The number of hydrogen-bond acceptors (Lipinski definition) is 5. The fraction of sp³-hybridized carbons (Fsp3) is 0.250. The van der Waals surface area contributed by atoms with Crippen LogP contribution in [-0.2, 0) is 6.61 Å². The van der Waals surface area contributed by atoms with E-state index < -0.39 is 24.3 Å². The van der Waals surface area contributed by atoms with E-state index >= 15 is 0 Å². The summed E-state index contributed by atoms with van der Waals surface area (Å²) in [5.41, 5.74) is 4.61. The molecule has 1 heterocycles. The van der Waals surface area contributed by atoms with Gasteiger partial charge in [-0.25, -0.2) is 4.98 Å². The van der Waals surface area contributed by atoms with Crippen LogP contribution in [0.5, 0.6) is 5.75 Å². The monoisotopic (exact) mass is 233 g/mol. The number of nitriles is 1. The number of pyridine rings is 1. The van der Waals surface area contributed by atoms with Crippen LogP contribution in [0.3, 0.4) is 0 Å². The molecule has 3 N–H and O–H groups in total. The molecule has 8 heteroatoms. The number of ether oxygens (including phenoxy) is 1. The minimum atomic E-state index is -4.93. The maximum Gasteiger partial charge on any atom is 0.573 e. The highest BCUT2D eigenvalue weighted by molar-refractivity contribution is 5.56. The maximum atomic E-state index is 11.9. The smallest absolute Gasteiger partial charge is 0.403 e. The summed E-state index contributed by atoms with van der Waals surface area (Å²) in [5.74, 6) is -0.998. The summed E-state index contributed by atoms with van der Waals surface area (Å²) < 4.78 is 39.4. The summed E-state index contributed by atoms with van der Waals surface area (Å²) in [4.78, 5) is 3.38. The third kappa shape index (κ3) is 2.52. The van der Waals surface area contributed by atoms with Gasteiger partial charge in [-0.2, -0.15) is 5.26 Å². The molecule has 0 bridgehead atoms. The zero-order valence-electron chi connectivity index (χ0n) is 7.75. The van der Waals surface area contributed by atoms with Crippen molar-refractivity contribution in [2.75, 3.05) is 5.73 Å². The molecular formula is C8H6F3N3O2. The third-order valence-electron chi connectivity index (χ3n) is 1.67. The van der Waals surface area contributed by atoms with Crippen molar-refractivity contribution in [3.05, 3.63) is 17.3 Å². The van der Waals surface area contributed by atoms with Gasteiger partial charge in [0.2, 0.25) is 0 Å². The Morgan fingerprint density at radius 2 is 2.19 bits per heavy atom. The predicted molar refractivity (Wildman–Crippen MR) is 46.0 cm³/mol. The summed E-state index contributed by atoms with van der Waals surface area (Å²) in [6, 6.07) is 1.47. The average molecular weight is 233 g/mol. The highest BCUT2D eigenvalue weighted by Crippen LogP contribution is 2.29. The Balaban J connectivity index is 3.27. The van der Waals surface area contributed by atoms with Crippen molar-refractivity contribution in [2.24, 2.45) is 0 Å². The van der Waals surface area contributed by atoms with Crippen LogP contribution in [0.15, 0.2) is 6.20 Å². The van der Waals surface area contributed by atoms with Crippen LogP contribution in [0, 0.1) is 11.3 Å². The first-order valence-electron chi connectivity index (χ1n) is 3.93. The number of nitrogens with two attached hydrogens (primary N) is 1. The number of aliphatic hydroxyl groups excluding tert-OH is 1. The van der Waals surface area contributed by atoms with E-state index in [2.05, 4.69) is 9.72 Å². The van der Waals surface area contributed by atoms with Crippen LogP contribution >= 0.6 is 0 Å². The SMILES string of the molecule is N#Cc1c(OC(F)(F)F)cnc(N)c1CO. The van der Waals surface area contributed by atoms with Crippen molar-refractivity contribution in [3.63, 3.8) is 0 Å². The van der Waals surface area contributed by atoms with E-state index in [0.717, 1.165) is 0 Å². The van der Waals surface area contributed by atoms with Gasteiger partial charge in [-0.15, -0.1) is 13.2 Å². The van der Waals surface area contributed by atoms with E-state index in [-0.39, 0.29) is 11.4 Å². The number of aliphatic hydroxyl groups is 1. The number of anilines is 1. The van der Waals surface area contributed by atoms with E-state index in [9.17, 15) is 13.2 Å². The Morgan fingerprint density at radius 3 is 2.62 bits per heavy atom. The normalized spacial score (nSPS) is 10.9. The highest BCUT2D eigenvalue weighted by Gasteiger charge is 2.33. The Labute approximate surface area is 87.9 Å². The number of hydrogen-bond donors (Lipinski definition) is 2. The minimum absolute atomic E-state index is 0.191. The van der Waals surface area contributed by atoms with Gasteiger partial charge in [0, 0.05) is 5.56 Å². The van der Waals surface area contributed by atoms with Gasteiger partial charge in [-0.1, -0.05) is 0 Å². The number of rotatable bonds is 2. The van der Waals surface area contributed by atoms with Crippen LogP contribution in [-0.4, -0.2) is 16.5 Å². The molecule has 0 aromatic carbocycles. The van der Waals surface area contributed by atoms with Gasteiger partial charge in [0.25, 0.3) is 0 Å². The van der Waals surface area contributed by atoms with Gasteiger partial charge in [-0.05, 0) is 0 Å². The lowest BCUT2D eigenvalue weighted by Crippen LogP contribution is -2.19. The molecule has 0 saturated heterocycles. The molecule has 5 nitrogen and oxygen atoms in total. The Kier molecular flexibility index (Phi) is 3.20. The van der Waals surface area contributed by atoms with Crippen molar-refractivity contribution in [3.8, 4) is 11.8 Å². The summed E-state index contributed by atoms with van der Waals surface area (Å²) in [6.45, 7) is -0.698. The lowest BCUT2D eigenvalue weighted by molar-refractivity contribution is -0.274. The van der Waals surface area contributed by atoms with Crippen molar-refractivity contribution >= 4 is 5.82 Å². The first-order chi connectivity index (χ1) is 7.39. The molecule has 0 unspecified atom stereocenters. The van der Waals surface area contributed by atoms with Gasteiger partial charge >= 0.3 is 6.36 Å². The van der Waals surface area contributed by atoms with Crippen LogP contribution in [0.2, 0.25) is 0 Å². The van der Waals surface area contributed by atoms with Gasteiger partial charge in [0.1, 0.15) is 17.5 Å². The molecule has 0 aliphatic rings. The molecular weight excluding hydrogens is 227 g/mol. The number of aromatic nitrogens is 1. The van der Waals surface area contributed by atoms with E-state index in [4.69, 9.17) is 16.1 Å². The van der Waals surface area contributed by atoms with Gasteiger partial charge in [0.05, 0.1) is 12.8 Å². The summed E-state index contributed by atoms with van der Waals surface area (Å²) in [7, 11) is 0. The molecule has 0 aliphatic carbocycles. The third-order valence-corrected chi connectivity index (χ3v) is 1.67. The number of nitrogen functional groups attached to an aromatic ring is 1. The molecule has 0 amide bonds. The highest BCUT2D eigenvalue weighted by atomic mass is 19.4. The predicted octanol–water partition coefficient (Wildman–Crippen LogP) is 0.926. The second-order valence-electron chi connectivity index (χ2n) is 2.68. The standard InChI is InChI=1S/C8H6F3N3O2/c9-8(10,11)16-6-2-14-7(13)5(3-15)4(6)1-12/h2,15H,3H2,(H2,13,14). The molecule has 16 heavy (non-hydrogen) atoms. The fourth-order valence-corrected chi connectivity index (χ4v) is 1.03. The number of nitrogens with zero attached hydrogens (tertiary/aromatic N) is 2. The van der Waals surface area contributed by atoms with Gasteiger partial charge in [0.15, 0.2) is 5.75 Å². The van der Waals surface area contributed by atoms with Crippen LogP contribution in [0.1, 0.15) is 11.1 Å². The summed E-state index contributed by atoms with van der Waals surface area (Å²) in [6.07, 6.45) is -4.25. The first kappa shape index (κ1) is 12.1. The maximum absolute atomic E-state index is 11.9. The Bertz CT molecular complexity index is 439. The number of alkyl halides is 3. The first-order valence-corrected chi connectivity index (χ1v) is 3.93. The topological polar surface area (TPSA) is 92.2 Å². The second kappa shape index (κ2) is 4.24. The van der Waals surface area contributed by atoms with Gasteiger partial charge < -0.3 is 15.6 Å². The molecule has 1 aromatic rings. The summed E-state index contributed by atoms with van der Waals surface area (Å²) >= 11 is 0. The van der Waals surface area contributed by atoms with Crippen molar-refractivity contribution < 1.29 is 23.0 Å². The molecule has 86 valence electrons. The molecule has 1 aromatic heterocycles. The quantitative estimate of drug-likeness (QED) is 0.792. The van der Waals surface area contributed by atoms with Gasteiger partial charge in [-0.3, -0.25) is 0 Å². The van der Waals surface area contributed by atoms with Crippen LogP contribution < -0.4 is 10.5 Å².